The summed E-state index contributed by atoms with van der Waals surface area (Å²) in [7, 11) is 1.50. The third kappa shape index (κ3) is 6.21. The van der Waals surface area contributed by atoms with Gasteiger partial charge in [0.05, 0.1) is 18.7 Å². The molecule has 162 valence electrons. The molecule has 0 saturated heterocycles. The minimum Gasteiger partial charge on any atom is -0.456 e. The molecule has 0 bridgehead atoms. The molecule has 1 aliphatic rings. The van der Waals surface area contributed by atoms with Gasteiger partial charge >= 0.3 is 5.97 Å². The summed E-state index contributed by atoms with van der Waals surface area (Å²) in [4.78, 5) is 37.6. The summed E-state index contributed by atoms with van der Waals surface area (Å²) in [6.45, 7) is 0.0771. The van der Waals surface area contributed by atoms with Crippen LogP contribution in [0.3, 0.4) is 0 Å². The second-order valence-electron chi connectivity index (χ2n) is 7.18. The molecule has 8 heteroatoms. The van der Waals surface area contributed by atoms with Crippen molar-refractivity contribution in [1.29, 1.82) is 0 Å². The number of hydrogen-bond donors (Lipinski definition) is 0. The number of esters is 1. The summed E-state index contributed by atoms with van der Waals surface area (Å²) < 4.78 is 18.6. The monoisotopic (exact) mass is 425 g/mol. The topological polar surface area (TPSA) is 79.3 Å². The van der Waals surface area contributed by atoms with Crippen LogP contribution >= 0.6 is 0 Å². The van der Waals surface area contributed by atoms with E-state index in [-0.39, 0.29) is 25.3 Å². The van der Waals surface area contributed by atoms with Gasteiger partial charge in [0.25, 0.3) is 5.91 Å². The minimum atomic E-state index is -0.646. The lowest BCUT2D eigenvalue weighted by atomic mass is 10.1. The number of carbonyl (C=O) groups is 3. The molecule has 0 radical (unpaired) electrons. The molecule has 3 rings (SSSR count). The Morgan fingerprint density at radius 3 is 2.52 bits per heavy atom. The third-order valence-corrected chi connectivity index (χ3v) is 4.89. The number of ether oxygens (including phenoxy) is 1. The molecule has 2 aromatic carbocycles. The van der Waals surface area contributed by atoms with Crippen molar-refractivity contribution < 1.29 is 23.5 Å². The van der Waals surface area contributed by atoms with Crippen LogP contribution in [-0.4, -0.2) is 53.6 Å². The fourth-order valence-corrected chi connectivity index (χ4v) is 3.10. The lowest BCUT2D eigenvalue weighted by molar-refractivity contribution is -0.152. The molecule has 0 atom stereocenters. The van der Waals surface area contributed by atoms with E-state index in [1.165, 1.54) is 23.0 Å². The zero-order valence-corrected chi connectivity index (χ0v) is 17.3. The van der Waals surface area contributed by atoms with E-state index in [9.17, 15) is 18.8 Å². The molecule has 2 amide bonds. The zero-order chi connectivity index (χ0) is 22.2. The van der Waals surface area contributed by atoms with Crippen LogP contribution in [0.2, 0.25) is 0 Å². The van der Waals surface area contributed by atoms with Gasteiger partial charge in [0.15, 0.2) is 6.61 Å². The van der Waals surface area contributed by atoms with Crippen molar-refractivity contribution in [2.24, 2.45) is 5.10 Å². The Labute approximate surface area is 180 Å². The summed E-state index contributed by atoms with van der Waals surface area (Å²) in [5.41, 5.74) is 2.17. The fraction of sp³-hybridized carbons (Fsp3) is 0.304. The molecule has 0 aromatic heterocycles. The Morgan fingerprint density at radius 2 is 1.77 bits per heavy atom. The van der Waals surface area contributed by atoms with Gasteiger partial charge in [0.2, 0.25) is 5.91 Å². The lowest BCUT2D eigenvalue weighted by Gasteiger charge is -2.17. The molecule has 1 aliphatic heterocycles. The van der Waals surface area contributed by atoms with E-state index in [1.54, 1.807) is 18.2 Å². The van der Waals surface area contributed by atoms with Crippen molar-refractivity contribution >= 4 is 23.5 Å². The Bertz CT molecular complexity index is 978. The average molecular weight is 425 g/mol. The highest BCUT2D eigenvalue weighted by atomic mass is 19.1. The molecule has 0 N–H and O–H groups in total. The van der Waals surface area contributed by atoms with Gasteiger partial charge in [0, 0.05) is 32.0 Å². The van der Waals surface area contributed by atoms with Crippen LogP contribution in [0, 0.1) is 5.82 Å². The quantitative estimate of drug-likeness (QED) is 0.610. The van der Waals surface area contributed by atoms with Crippen LogP contribution in [0.1, 0.15) is 30.4 Å². The Balaban J connectivity index is 1.40. The maximum Gasteiger partial charge on any atom is 0.306 e. The van der Waals surface area contributed by atoms with Gasteiger partial charge in [-0.1, -0.05) is 48.5 Å². The van der Waals surface area contributed by atoms with Gasteiger partial charge < -0.3 is 9.64 Å². The number of likely N-dealkylation sites (N-methyl/N-ethyl adjacent to an activating group) is 1. The fourth-order valence-electron chi connectivity index (χ4n) is 3.10. The number of hydrogen-bond acceptors (Lipinski definition) is 5. The standard InChI is InChI=1S/C23H24FN3O4/c1-26(15-18-9-5-6-10-19(18)24)22(29)16-31-23(30)12-11-21(28)27-14-13-20(25-27)17-7-3-2-4-8-17/h2-10H,11-16H2,1H3. The van der Waals surface area contributed by atoms with E-state index in [0.717, 1.165) is 11.3 Å². The van der Waals surface area contributed by atoms with Crippen molar-refractivity contribution in [1.82, 2.24) is 9.91 Å². The summed E-state index contributed by atoms with van der Waals surface area (Å²) in [5.74, 6) is -1.78. The molecule has 0 saturated carbocycles. The Kier molecular flexibility index (Phi) is 7.48. The van der Waals surface area contributed by atoms with Crippen LogP contribution < -0.4 is 0 Å². The van der Waals surface area contributed by atoms with E-state index >= 15 is 0 Å². The second kappa shape index (κ2) is 10.5. The number of rotatable bonds is 8. The summed E-state index contributed by atoms with van der Waals surface area (Å²) >= 11 is 0. The Hall–Kier alpha value is -3.55. The maximum atomic E-state index is 13.7. The van der Waals surface area contributed by atoms with Gasteiger partial charge in [-0.3, -0.25) is 14.4 Å². The van der Waals surface area contributed by atoms with Crippen molar-refractivity contribution in [3.8, 4) is 0 Å². The van der Waals surface area contributed by atoms with Crippen molar-refractivity contribution in [3.63, 3.8) is 0 Å². The van der Waals surface area contributed by atoms with E-state index in [4.69, 9.17) is 4.74 Å². The van der Waals surface area contributed by atoms with E-state index in [1.807, 2.05) is 30.3 Å². The largest absolute Gasteiger partial charge is 0.456 e. The van der Waals surface area contributed by atoms with Gasteiger partial charge in [0.1, 0.15) is 5.82 Å². The average Bonchev–Trinajstić information content (AvgIpc) is 3.28. The van der Waals surface area contributed by atoms with Crippen LogP contribution in [0.4, 0.5) is 4.39 Å². The van der Waals surface area contributed by atoms with Gasteiger partial charge in [-0.2, -0.15) is 5.10 Å². The lowest BCUT2D eigenvalue weighted by Crippen LogP contribution is -2.31. The molecule has 0 spiro atoms. The summed E-state index contributed by atoms with van der Waals surface area (Å²) in [5, 5.41) is 5.70. The highest BCUT2D eigenvalue weighted by Crippen LogP contribution is 2.15. The maximum absolute atomic E-state index is 13.7. The molecule has 0 fully saturated rings. The molecule has 0 aliphatic carbocycles. The summed E-state index contributed by atoms with van der Waals surface area (Å²) in [6, 6.07) is 15.8. The van der Waals surface area contributed by atoms with E-state index in [2.05, 4.69) is 5.10 Å². The molecule has 2 aromatic rings. The Morgan fingerprint density at radius 1 is 1.06 bits per heavy atom. The highest BCUT2D eigenvalue weighted by molar-refractivity contribution is 6.02. The number of hydrazone groups is 1. The molecule has 1 heterocycles. The van der Waals surface area contributed by atoms with Crippen LogP contribution in [0.5, 0.6) is 0 Å². The second-order valence-corrected chi connectivity index (χ2v) is 7.18. The predicted octanol–water partition coefficient (Wildman–Crippen LogP) is 2.74. The first-order valence-corrected chi connectivity index (χ1v) is 10.0. The van der Waals surface area contributed by atoms with Gasteiger partial charge in [-0.15, -0.1) is 0 Å². The number of amides is 2. The van der Waals surface area contributed by atoms with Crippen molar-refractivity contribution in [3.05, 3.63) is 71.5 Å². The molecule has 0 unspecified atom stereocenters. The molecule has 7 nitrogen and oxygen atoms in total. The van der Waals surface area contributed by atoms with Crippen LogP contribution in [0.15, 0.2) is 59.7 Å². The smallest absolute Gasteiger partial charge is 0.306 e. The minimum absolute atomic E-state index is 0.0519. The van der Waals surface area contributed by atoms with Gasteiger partial charge in [-0.05, 0) is 11.6 Å². The number of nitrogens with zero attached hydrogens (tertiary/aromatic N) is 3. The molecular weight excluding hydrogens is 401 g/mol. The SMILES string of the molecule is CN(Cc1ccccc1F)C(=O)COC(=O)CCC(=O)N1CCC(c2ccccc2)=N1. The molecular formula is C23H24FN3O4. The normalized spacial score (nSPS) is 13.0. The van der Waals surface area contributed by atoms with E-state index < -0.39 is 24.3 Å². The first kappa shape index (κ1) is 22.1. The zero-order valence-electron chi connectivity index (χ0n) is 17.3. The number of halogens is 1. The number of benzene rings is 2. The number of carbonyl (C=O) groups excluding carboxylic acids is 3. The highest BCUT2D eigenvalue weighted by Gasteiger charge is 2.22. The third-order valence-electron chi connectivity index (χ3n) is 4.89. The van der Waals surface area contributed by atoms with Crippen LogP contribution in [-0.2, 0) is 25.7 Å². The van der Waals surface area contributed by atoms with Crippen molar-refractivity contribution in [2.75, 3.05) is 20.2 Å². The predicted molar refractivity (Wildman–Crippen MR) is 112 cm³/mol. The van der Waals surface area contributed by atoms with E-state index in [0.29, 0.717) is 18.5 Å². The van der Waals surface area contributed by atoms with Crippen LogP contribution in [0.25, 0.3) is 0 Å². The first-order chi connectivity index (χ1) is 14.9. The molecule has 31 heavy (non-hydrogen) atoms. The van der Waals surface area contributed by atoms with Gasteiger partial charge in [-0.25, -0.2) is 9.40 Å². The summed E-state index contributed by atoms with van der Waals surface area (Å²) in [6.07, 6.45) is 0.461. The first-order valence-electron chi connectivity index (χ1n) is 10.0. The van der Waals surface area contributed by atoms with Crippen molar-refractivity contribution in [2.45, 2.75) is 25.8 Å².